The van der Waals surface area contributed by atoms with Crippen molar-refractivity contribution in [1.82, 2.24) is 14.7 Å². The zero-order valence-electron chi connectivity index (χ0n) is 14.3. The van der Waals surface area contributed by atoms with E-state index in [9.17, 15) is 4.79 Å². The van der Waals surface area contributed by atoms with Crippen LogP contribution in [-0.2, 0) is 18.3 Å². The zero-order valence-corrected chi connectivity index (χ0v) is 15.0. The normalized spacial score (nSPS) is 17.1. The summed E-state index contributed by atoms with van der Waals surface area (Å²) in [4.78, 5) is 14.5. The number of fused-ring (bicyclic) bond motifs is 1. The summed E-state index contributed by atoms with van der Waals surface area (Å²) in [6.07, 6.45) is 6.55. The number of aromatic nitrogens is 2. The molecule has 126 valence electrons. The Morgan fingerprint density at radius 1 is 1.42 bits per heavy atom. The molecule has 3 rings (SSSR count). The molecule has 0 N–H and O–H groups in total. The maximum absolute atomic E-state index is 12.6. The number of aryl methyl sites for hydroxylation is 3. The molecule has 1 amide bonds. The Labute approximate surface area is 147 Å². The van der Waals surface area contributed by atoms with Crippen LogP contribution in [0.4, 0.5) is 0 Å². The molecule has 1 aromatic carbocycles. The Bertz CT molecular complexity index is 794. The molecule has 0 bridgehead atoms. The summed E-state index contributed by atoms with van der Waals surface area (Å²) in [6, 6.07) is 8.54. The van der Waals surface area contributed by atoms with Gasteiger partial charge in [0.15, 0.2) is 0 Å². The molecular formula is C19H22ClN3O. The second kappa shape index (κ2) is 6.81. The molecule has 1 aliphatic rings. The molecule has 0 aliphatic heterocycles. The van der Waals surface area contributed by atoms with E-state index in [1.165, 1.54) is 11.1 Å². The average Bonchev–Trinajstić information content (AvgIpc) is 2.83. The Balaban J connectivity index is 1.80. The van der Waals surface area contributed by atoms with Crippen LogP contribution in [0.5, 0.6) is 0 Å². The maximum atomic E-state index is 12.6. The number of halogens is 1. The van der Waals surface area contributed by atoms with Crippen molar-refractivity contribution in [3.63, 3.8) is 0 Å². The summed E-state index contributed by atoms with van der Waals surface area (Å²) in [5, 5.41) is 4.81. The molecule has 1 aliphatic carbocycles. The van der Waals surface area contributed by atoms with Crippen LogP contribution in [0.3, 0.4) is 0 Å². The van der Waals surface area contributed by atoms with E-state index in [1.807, 2.05) is 24.9 Å². The van der Waals surface area contributed by atoms with Gasteiger partial charge in [-0.15, -0.1) is 0 Å². The van der Waals surface area contributed by atoms with Gasteiger partial charge in [0.25, 0.3) is 0 Å². The monoisotopic (exact) mass is 343 g/mol. The minimum atomic E-state index is -0.0176. The van der Waals surface area contributed by atoms with Crippen LogP contribution in [-0.4, -0.2) is 27.6 Å². The molecule has 0 radical (unpaired) electrons. The summed E-state index contributed by atoms with van der Waals surface area (Å²) < 4.78 is 1.61. The van der Waals surface area contributed by atoms with Crippen molar-refractivity contribution >= 4 is 23.6 Å². The summed E-state index contributed by atoms with van der Waals surface area (Å²) in [7, 11) is 3.66. The maximum Gasteiger partial charge on any atom is 0.246 e. The molecule has 4 nitrogen and oxygen atoms in total. The van der Waals surface area contributed by atoms with E-state index >= 15 is 0 Å². The number of carbonyl (C=O) groups excluding carboxylic acids is 1. The predicted octanol–water partition coefficient (Wildman–Crippen LogP) is 3.93. The molecule has 0 spiro atoms. The van der Waals surface area contributed by atoms with E-state index < -0.39 is 0 Å². The van der Waals surface area contributed by atoms with Crippen molar-refractivity contribution in [2.45, 2.75) is 32.2 Å². The van der Waals surface area contributed by atoms with Gasteiger partial charge in [-0.25, -0.2) is 0 Å². The van der Waals surface area contributed by atoms with Gasteiger partial charge in [0.2, 0.25) is 5.91 Å². The average molecular weight is 344 g/mol. The van der Waals surface area contributed by atoms with E-state index in [1.54, 1.807) is 23.9 Å². The molecule has 2 aromatic rings. The first-order valence-corrected chi connectivity index (χ1v) is 8.58. The van der Waals surface area contributed by atoms with Gasteiger partial charge in [-0.2, -0.15) is 5.10 Å². The van der Waals surface area contributed by atoms with Crippen molar-refractivity contribution < 1.29 is 4.79 Å². The van der Waals surface area contributed by atoms with E-state index in [0.29, 0.717) is 5.15 Å². The van der Waals surface area contributed by atoms with Gasteiger partial charge in [0.05, 0.1) is 11.7 Å². The Hall–Kier alpha value is -2.07. The minimum Gasteiger partial charge on any atom is -0.335 e. The van der Waals surface area contributed by atoms with Crippen molar-refractivity contribution in [3.05, 3.63) is 57.9 Å². The summed E-state index contributed by atoms with van der Waals surface area (Å²) in [6.45, 7) is 1.89. The highest BCUT2D eigenvalue weighted by atomic mass is 35.5. The number of nitrogens with zero attached hydrogens (tertiary/aromatic N) is 3. The van der Waals surface area contributed by atoms with E-state index in [2.05, 4.69) is 23.3 Å². The largest absolute Gasteiger partial charge is 0.335 e. The second-order valence-corrected chi connectivity index (χ2v) is 6.66. The van der Waals surface area contributed by atoms with Crippen LogP contribution in [0.15, 0.2) is 30.3 Å². The van der Waals surface area contributed by atoms with Gasteiger partial charge in [0.1, 0.15) is 5.15 Å². The van der Waals surface area contributed by atoms with E-state index in [-0.39, 0.29) is 11.9 Å². The highest BCUT2D eigenvalue weighted by Gasteiger charge is 2.25. The van der Waals surface area contributed by atoms with Gasteiger partial charge in [0, 0.05) is 25.7 Å². The van der Waals surface area contributed by atoms with Crippen molar-refractivity contribution in [2.75, 3.05) is 7.05 Å². The highest BCUT2D eigenvalue weighted by molar-refractivity contribution is 6.31. The molecule has 1 aromatic heterocycles. The fourth-order valence-corrected chi connectivity index (χ4v) is 3.63. The lowest BCUT2D eigenvalue weighted by atomic mass is 9.87. The van der Waals surface area contributed by atoms with Crippen LogP contribution < -0.4 is 0 Å². The lowest BCUT2D eigenvalue weighted by Crippen LogP contribution is -2.32. The zero-order chi connectivity index (χ0) is 17.3. The smallest absolute Gasteiger partial charge is 0.246 e. The van der Waals surface area contributed by atoms with Gasteiger partial charge in [-0.1, -0.05) is 35.9 Å². The summed E-state index contributed by atoms with van der Waals surface area (Å²) in [5.41, 5.74) is 4.23. The third-order valence-corrected chi connectivity index (χ3v) is 5.19. The third-order valence-electron chi connectivity index (χ3n) is 4.74. The lowest BCUT2D eigenvalue weighted by molar-refractivity contribution is -0.127. The first-order chi connectivity index (χ1) is 11.5. The lowest BCUT2D eigenvalue weighted by Gasteiger charge is -2.32. The van der Waals surface area contributed by atoms with Crippen molar-refractivity contribution in [2.24, 2.45) is 7.05 Å². The number of hydrogen-bond acceptors (Lipinski definition) is 2. The summed E-state index contributed by atoms with van der Waals surface area (Å²) in [5.74, 6) is -0.0176. The van der Waals surface area contributed by atoms with Crippen molar-refractivity contribution in [1.29, 1.82) is 0 Å². The topological polar surface area (TPSA) is 38.1 Å². The molecule has 1 heterocycles. The van der Waals surface area contributed by atoms with Gasteiger partial charge < -0.3 is 4.90 Å². The second-order valence-electron chi connectivity index (χ2n) is 6.30. The molecule has 0 saturated carbocycles. The SMILES string of the molecule is Cc1nn(C)c(Cl)c1/C=C/C(=O)N(C)C1CCCc2ccccc21. The number of amides is 1. The van der Waals surface area contributed by atoms with Gasteiger partial charge in [-0.3, -0.25) is 9.48 Å². The Morgan fingerprint density at radius 3 is 2.88 bits per heavy atom. The molecule has 0 saturated heterocycles. The first-order valence-electron chi connectivity index (χ1n) is 8.21. The first kappa shape index (κ1) is 16.8. The van der Waals surface area contributed by atoms with Crippen LogP contribution in [0, 0.1) is 6.92 Å². The molecule has 0 fully saturated rings. The van der Waals surface area contributed by atoms with Crippen LogP contribution in [0.1, 0.15) is 41.3 Å². The number of benzene rings is 1. The van der Waals surface area contributed by atoms with E-state index in [0.717, 1.165) is 30.5 Å². The number of hydrogen-bond donors (Lipinski definition) is 0. The Morgan fingerprint density at radius 2 is 2.17 bits per heavy atom. The van der Waals surface area contributed by atoms with Crippen LogP contribution in [0.2, 0.25) is 5.15 Å². The Kier molecular flexibility index (Phi) is 4.76. The number of carbonyl (C=O) groups is 1. The van der Waals surface area contributed by atoms with Gasteiger partial charge >= 0.3 is 0 Å². The number of rotatable bonds is 3. The van der Waals surface area contributed by atoms with Crippen LogP contribution >= 0.6 is 11.6 Å². The third kappa shape index (κ3) is 3.11. The van der Waals surface area contributed by atoms with Crippen LogP contribution in [0.25, 0.3) is 6.08 Å². The quantitative estimate of drug-likeness (QED) is 0.792. The fourth-order valence-electron chi connectivity index (χ4n) is 3.39. The van der Waals surface area contributed by atoms with E-state index in [4.69, 9.17) is 11.6 Å². The van der Waals surface area contributed by atoms with Gasteiger partial charge in [-0.05, 0) is 43.4 Å². The summed E-state index contributed by atoms with van der Waals surface area (Å²) >= 11 is 6.22. The fraction of sp³-hybridized carbons (Fsp3) is 0.368. The molecule has 1 atom stereocenters. The molecular weight excluding hydrogens is 322 g/mol. The number of likely N-dealkylation sites (N-methyl/N-ethyl adjacent to an activating group) is 1. The standard InChI is InChI=1S/C19H22ClN3O/c1-13-15(19(20)23(3)21-13)11-12-18(24)22(2)17-10-6-8-14-7-4-5-9-16(14)17/h4-5,7,9,11-12,17H,6,8,10H2,1-3H3/b12-11+. The molecule has 24 heavy (non-hydrogen) atoms. The highest BCUT2D eigenvalue weighted by Crippen LogP contribution is 2.33. The molecule has 1 unspecified atom stereocenters. The minimum absolute atomic E-state index is 0.0176. The predicted molar refractivity (Wildman–Crippen MR) is 96.9 cm³/mol. The molecule has 5 heteroatoms. The van der Waals surface area contributed by atoms with Crippen molar-refractivity contribution in [3.8, 4) is 0 Å².